The fourth-order valence-electron chi connectivity index (χ4n) is 3.57. The molecule has 0 saturated heterocycles. The second-order valence-corrected chi connectivity index (χ2v) is 7.96. The Morgan fingerprint density at radius 2 is 2.04 bits per heavy atom. The van der Waals surface area contributed by atoms with Gasteiger partial charge in [0.1, 0.15) is 11.8 Å². The number of carboxylic acids is 1. The number of para-hydroxylation sites is 1. The molecule has 0 fully saturated rings. The van der Waals surface area contributed by atoms with Crippen LogP contribution in [0.4, 0.5) is 0 Å². The number of aromatic amines is 1. The second kappa shape index (κ2) is 6.16. The van der Waals surface area contributed by atoms with E-state index in [0.29, 0.717) is 16.5 Å². The Morgan fingerprint density at radius 3 is 2.80 bits per heavy atom. The molecule has 0 saturated carbocycles. The number of aromatic hydroxyl groups is 1. The zero-order valence-corrected chi connectivity index (χ0v) is 16.1. The normalized spacial score (nSPS) is 19.8. The minimum Gasteiger partial charge on any atom is -0.544 e. The third kappa shape index (κ3) is 2.76. The van der Waals surface area contributed by atoms with Gasteiger partial charge in [-0.1, -0.05) is 34.1 Å². The molecule has 4 N–H and O–H groups in total. The molecular formula is C18H14Br2N2O3. The summed E-state index contributed by atoms with van der Waals surface area (Å²) in [6, 6.07) is 10.3. The molecule has 25 heavy (non-hydrogen) atoms. The van der Waals surface area contributed by atoms with Crippen molar-refractivity contribution in [1.82, 2.24) is 4.98 Å². The summed E-state index contributed by atoms with van der Waals surface area (Å²) < 4.78 is 1.35. The number of halogens is 2. The van der Waals surface area contributed by atoms with Crippen LogP contribution >= 0.6 is 31.9 Å². The van der Waals surface area contributed by atoms with Crippen LogP contribution in [-0.2, 0) is 11.2 Å². The number of carboxylic acid groups (broad SMARTS) is 1. The fourth-order valence-corrected chi connectivity index (χ4v) is 4.83. The maximum atomic E-state index is 11.6. The van der Waals surface area contributed by atoms with Crippen molar-refractivity contribution in [3.05, 3.63) is 62.2 Å². The van der Waals surface area contributed by atoms with E-state index in [0.717, 1.165) is 26.6 Å². The standard InChI is InChI=1S/C18H14Br2N2O3/c19-8-5-11(17(23)12(20)6-8)16-15-10(7-14(22-16)18(24)25)9-3-1-2-4-13(9)21-15/h1-6,14,16,21-23H,7H2,(H,24,25)/t14-,16-/m0/s1. The molecule has 0 spiro atoms. The number of phenols is 1. The van der Waals surface area contributed by atoms with Gasteiger partial charge in [-0.15, -0.1) is 0 Å². The lowest BCUT2D eigenvalue weighted by atomic mass is 9.90. The molecule has 1 aliphatic heterocycles. The summed E-state index contributed by atoms with van der Waals surface area (Å²) in [5, 5.41) is 24.9. The Hall–Kier alpha value is -1.83. The van der Waals surface area contributed by atoms with Gasteiger partial charge in [-0.2, -0.15) is 0 Å². The van der Waals surface area contributed by atoms with Crippen LogP contribution in [0, 0.1) is 0 Å². The maximum Gasteiger partial charge on any atom is 0.157 e. The Labute approximate surface area is 160 Å². The Balaban J connectivity index is 1.96. The predicted octanol–water partition coefficient (Wildman–Crippen LogP) is 1.73. The summed E-state index contributed by atoms with van der Waals surface area (Å²) in [4.78, 5) is 15.0. The minimum absolute atomic E-state index is 0.105. The van der Waals surface area contributed by atoms with Crippen molar-refractivity contribution in [2.75, 3.05) is 0 Å². The van der Waals surface area contributed by atoms with Crippen LogP contribution in [0.1, 0.15) is 22.9 Å². The van der Waals surface area contributed by atoms with Crippen LogP contribution in [0.15, 0.2) is 45.3 Å². The lowest BCUT2D eigenvalue weighted by Crippen LogP contribution is -2.95. The summed E-state index contributed by atoms with van der Waals surface area (Å²) in [6.07, 6.45) is 0.383. The van der Waals surface area contributed by atoms with Crippen molar-refractivity contribution >= 4 is 48.7 Å². The van der Waals surface area contributed by atoms with E-state index in [1.54, 1.807) is 11.4 Å². The third-order valence-electron chi connectivity index (χ3n) is 4.70. The zero-order valence-electron chi connectivity index (χ0n) is 12.9. The number of aliphatic carboxylic acids is 1. The average Bonchev–Trinajstić information content (AvgIpc) is 2.96. The van der Waals surface area contributed by atoms with Gasteiger partial charge in [0.2, 0.25) is 0 Å². The number of nitrogens with one attached hydrogen (secondary N) is 1. The number of benzene rings is 2. The first-order valence-electron chi connectivity index (χ1n) is 7.79. The van der Waals surface area contributed by atoms with Gasteiger partial charge in [-0.3, -0.25) is 0 Å². The largest absolute Gasteiger partial charge is 0.544 e. The monoisotopic (exact) mass is 464 g/mol. The highest BCUT2D eigenvalue weighted by atomic mass is 79.9. The Morgan fingerprint density at radius 1 is 1.28 bits per heavy atom. The van der Waals surface area contributed by atoms with Crippen molar-refractivity contribution in [3.8, 4) is 5.75 Å². The third-order valence-corrected chi connectivity index (χ3v) is 5.76. The van der Waals surface area contributed by atoms with Crippen molar-refractivity contribution < 1.29 is 20.3 Å². The highest BCUT2D eigenvalue weighted by Crippen LogP contribution is 2.39. The van der Waals surface area contributed by atoms with E-state index in [4.69, 9.17) is 0 Å². The van der Waals surface area contributed by atoms with Gasteiger partial charge in [0.25, 0.3) is 0 Å². The molecule has 1 aliphatic rings. The van der Waals surface area contributed by atoms with Crippen molar-refractivity contribution in [3.63, 3.8) is 0 Å². The van der Waals surface area contributed by atoms with Crippen molar-refractivity contribution in [1.29, 1.82) is 0 Å². The SMILES string of the molecule is O=C([O-])[C@@H]1Cc2c([nH]c3ccccc23)[C@H](c2cc(Br)cc(Br)c2O)[NH2+]1. The van der Waals surface area contributed by atoms with E-state index in [-0.39, 0.29) is 11.8 Å². The Bertz CT molecular complexity index is 999. The number of hydrogen-bond acceptors (Lipinski definition) is 3. The van der Waals surface area contributed by atoms with Crippen LogP contribution in [0.5, 0.6) is 5.75 Å². The van der Waals surface area contributed by atoms with Gasteiger partial charge in [-0.05, 0) is 39.7 Å². The van der Waals surface area contributed by atoms with Gasteiger partial charge >= 0.3 is 0 Å². The van der Waals surface area contributed by atoms with Crippen LogP contribution in [0.25, 0.3) is 10.9 Å². The molecule has 3 aromatic rings. The van der Waals surface area contributed by atoms with E-state index < -0.39 is 12.0 Å². The Kier molecular flexibility index (Phi) is 4.10. The first-order chi connectivity index (χ1) is 12.0. The van der Waals surface area contributed by atoms with Crippen LogP contribution in [0.3, 0.4) is 0 Å². The van der Waals surface area contributed by atoms with Crippen LogP contribution in [-0.4, -0.2) is 22.1 Å². The van der Waals surface area contributed by atoms with Crippen molar-refractivity contribution in [2.45, 2.75) is 18.5 Å². The summed E-state index contributed by atoms with van der Waals surface area (Å²) in [5.41, 5.74) is 3.48. The van der Waals surface area contributed by atoms with E-state index >= 15 is 0 Å². The number of carbonyl (C=O) groups is 1. The lowest BCUT2D eigenvalue weighted by molar-refractivity contribution is -0.717. The quantitative estimate of drug-likeness (QED) is 0.538. The number of hydrogen-bond donors (Lipinski definition) is 3. The van der Waals surface area contributed by atoms with Crippen molar-refractivity contribution in [2.24, 2.45) is 0 Å². The molecule has 0 radical (unpaired) electrons. The number of aromatic nitrogens is 1. The molecule has 128 valence electrons. The van der Waals surface area contributed by atoms with E-state index in [9.17, 15) is 15.0 Å². The summed E-state index contributed by atoms with van der Waals surface area (Å²) in [5.74, 6) is -0.998. The van der Waals surface area contributed by atoms with Gasteiger partial charge < -0.3 is 25.3 Å². The van der Waals surface area contributed by atoms with E-state index in [2.05, 4.69) is 36.8 Å². The summed E-state index contributed by atoms with van der Waals surface area (Å²) >= 11 is 6.79. The molecular weight excluding hydrogens is 452 g/mol. The maximum absolute atomic E-state index is 11.6. The molecule has 0 bridgehead atoms. The van der Waals surface area contributed by atoms with Crippen LogP contribution < -0.4 is 10.4 Å². The zero-order chi connectivity index (χ0) is 17.7. The van der Waals surface area contributed by atoms with E-state index in [1.165, 1.54) is 0 Å². The molecule has 0 unspecified atom stereocenters. The number of phenolic OH excluding ortho intramolecular Hbond substituents is 1. The lowest BCUT2D eigenvalue weighted by Gasteiger charge is -2.29. The molecule has 0 aliphatic carbocycles. The topological polar surface area (TPSA) is 92.8 Å². The first kappa shape index (κ1) is 16.6. The van der Waals surface area contributed by atoms with E-state index in [1.807, 2.05) is 30.3 Å². The smallest absolute Gasteiger partial charge is 0.157 e. The van der Waals surface area contributed by atoms with Gasteiger partial charge in [-0.25, -0.2) is 0 Å². The summed E-state index contributed by atoms with van der Waals surface area (Å²) in [6.45, 7) is 0. The molecule has 1 aromatic heterocycles. The second-order valence-electron chi connectivity index (χ2n) is 6.19. The van der Waals surface area contributed by atoms with Gasteiger partial charge in [0, 0.05) is 21.8 Å². The summed E-state index contributed by atoms with van der Waals surface area (Å²) in [7, 11) is 0. The number of nitrogens with two attached hydrogens (primary N) is 1. The highest BCUT2D eigenvalue weighted by molar-refractivity contribution is 9.11. The molecule has 2 aromatic carbocycles. The molecule has 2 atom stereocenters. The fraction of sp³-hybridized carbons (Fsp3) is 0.167. The molecule has 4 rings (SSSR count). The van der Waals surface area contributed by atoms with Crippen LogP contribution in [0.2, 0.25) is 0 Å². The number of H-pyrrole nitrogens is 1. The minimum atomic E-state index is -1.10. The number of quaternary nitrogens is 1. The molecule has 7 heteroatoms. The molecule has 5 nitrogen and oxygen atoms in total. The number of carbonyl (C=O) groups excluding carboxylic acids is 1. The van der Waals surface area contributed by atoms with Gasteiger partial charge in [0.05, 0.1) is 21.7 Å². The average molecular weight is 466 g/mol. The predicted molar refractivity (Wildman–Crippen MR) is 98.1 cm³/mol. The highest BCUT2D eigenvalue weighted by Gasteiger charge is 2.36. The molecule has 2 heterocycles. The first-order valence-corrected chi connectivity index (χ1v) is 9.37. The van der Waals surface area contributed by atoms with Gasteiger partial charge in [0.15, 0.2) is 6.04 Å². The number of fused-ring (bicyclic) bond motifs is 3. The number of rotatable bonds is 2. The molecule has 0 amide bonds.